The van der Waals surface area contributed by atoms with Gasteiger partial charge >= 0.3 is 0 Å². The van der Waals surface area contributed by atoms with Crippen molar-refractivity contribution in [1.82, 2.24) is 9.55 Å². The normalized spacial score (nSPS) is 11.2. The van der Waals surface area contributed by atoms with Gasteiger partial charge in [-0.05, 0) is 24.3 Å². The zero-order chi connectivity index (χ0) is 14.1. The predicted octanol–water partition coefficient (Wildman–Crippen LogP) is 4.09. The first kappa shape index (κ1) is 13.1. The summed E-state index contributed by atoms with van der Waals surface area (Å²) in [7, 11) is 0. The summed E-state index contributed by atoms with van der Waals surface area (Å²) >= 11 is 5.77. The van der Waals surface area contributed by atoms with Gasteiger partial charge < -0.3 is 0 Å². The van der Waals surface area contributed by atoms with E-state index in [2.05, 4.69) is 4.98 Å². The van der Waals surface area contributed by atoms with Crippen molar-refractivity contribution < 1.29 is 8.78 Å². The summed E-state index contributed by atoms with van der Waals surface area (Å²) in [6.07, 6.45) is 0.478. The van der Waals surface area contributed by atoms with Crippen molar-refractivity contribution in [2.24, 2.45) is 0 Å². The van der Waals surface area contributed by atoms with Gasteiger partial charge in [-0.1, -0.05) is 18.2 Å². The van der Waals surface area contributed by atoms with Crippen molar-refractivity contribution in [3.63, 3.8) is 0 Å². The number of nitrogens with zero attached hydrogens (tertiary/aromatic N) is 2. The van der Waals surface area contributed by atoms with Gasteiger partial charge in [0, 0.05) is 12.3 Å². The second-order valence-corrected chi connectivity index (χ2v) is 4.74. The predicted molar refractivity (Wildman–Crippen MR) is 75.4 cm³/mol. The van der Waals surface area contributed by atoms with E-state index in [1.165, 1.54) is 12.1 Å². The lowest BCUT2D eigenvalue weighted by Crippen LogP contribution is -2.05. The number of imidazole rings is 1. The van der Waals surface area contributed by atoms with Gasteiger partial charge in [0.2, 0.25) is 0 Å². The Bertz CT molecular complexity index is 768. The van der Waals surface area contributed by atoms with Crippen LogP contribution in [0.4, 0.5) is 8.78 Å². The molecule has 0 aliphatic rings. The van der Waals surface area contributed by atoms with Crippen molar-refractivity contribution in [2.45, 2.75) is 6.42 Å². The molecule has 0 spiro atoms. The second-order valence-electron chi connectivity index (χ2n) is 4.36. The van der Waals surface area contributed by atoms with Crippen LogP contribution < -0.4 is 0 Å². The minimum Gasteiger partial charge on any atom is -0.293 e. The summed E-state index contributed by atoms with van der Waals surface area (Å²) in [5, 5.41) is 0. The minimum atomic E-state index is -0.883. The topological polar surface area (TPSA) is 17.8 Å². The molecule has 0 radical (unpaired) electrons. The number of halogens is 3. The lowest BCUT2D eigenvalue weighted by atomic mass is 10.2. The molecular weight excluding hydrogens is 282 g/mol. The zero-order valence-electron chi connectivity index (χ0n) is 10.5. The number of hydrogen-bond donors (Lipinski definition) is 0. The maximum atomic E-state index is 14.1. The average molecular weight is 293 g/mol. The van der Waals surface area contributed by atoms with Gasteiger partial charge in [-0.15, -0.1) is 11.6 Å². The number of para-hydroxylation sites is 2. The number of fused-ring (bicyclic) bond motifs is 1. The third kappa shape index (κ3) is 2.06. The van der Waals surface area contributed by atoms with Gasteiger partial charge in [-0.3, -0.25) is 4.57 Å². The minimum absolute atomic E-state index is 0.152. The number of hydrogen-bond acceptors (Lipinski definition) is 1. The molecule has 3 rings (SSSR count). The molecule has 0 saturated heterocycles. The Hall–Kier alpha value is -1.94. The quantitative estimate of drug-likeness (QED) is 0.665. The van der Waals surface area contributed by atoms with Gasteiger partial charge in [-0.25, -0.2) is 13.8 Å². The Kier molecular flexibility index (Phi) is 3.40. The van der Waals surface area contributed by atoms with E-state index in [1.807, 2.05) is 24.3 Å². The van der Waals surface area contributed by atoms with Crippen LogP contribution in [0.2, 0.25) is 0 Å². The van der Waals surface area contributed by atoms with E-state index in [-0.39, 0.29) is 5.69 Å². The molecule has 0 saturated carbocycles. The van der Waals surface area contributed by atoms with Crippen LogP contribution in [0.3, 0.4) is 0 Å². The number of aromatic nitrogens is 2. The van der Waals surface area contributed by atoms with Crippen LogP contribution >= 0.6 is 11.6 Å². The van der Waals surface area contributed by atoms with Crippen LogP contribution in [-0.2, 0) is 6.42 Å². The van der Waals surface area contributed by atoms with Crippen molar-refractivity contribution in [3.8, 4) is 5.69 Å². The first-order valence-electron chi connectivity index (χ1n) is 6.19. The molecule has 102 valence electrons. The van der Waals surface area contributed by atoms with Gasteiger partial charge in [0.05, 0.1) is 16.7 Å². The van der Waals surface area contributed by atoms with Crippen LogP contribution in [0, 0.1) is 11.6 Å². The van der Waals surface area contributed by atoms with Gasteiger partial charge in [0.1, 0.15) is 5.82 Å². The Morgan fingerprint density at radius 1 is 1.05 bits per heavy atom. The highest BCUT2D eigenvalue weighted by atomic mass is 35.5. The molecule has 0 N–H and O–H groups in total. The van der Waals surface area contributed by atoms with Crippen LogP contribution in [0.1, 0.15) is 5.82 Å². The highest BCUT2D eigenvalue weighted by molar-refractivity contribution is 6.17. The van der Waals surface area contributed by atoms with E-state index in [0.717, 1.165) is 17.1 Å². The fourth-order valence-corrected chi connectivity index (χ4v) is 2.43. The van der Waals surface area contributed by atoms with E-state index in [9.17, 15) is 8.78 Å². The Morgan fingerprint density at radius 3 is 2.65 bits per heavy atom. The van der Waals surface area contributed by atoms with E-state index in [1.54, 1.807) is 4.57 Å². The average Bonchev–Trinajstić information content (AvgIpc) is 2.80. The maximum absolute atomic E-state index is 14.1. The third-order valence-electron chi connectivity index (χ3n) is 3.12. The molecule has 2 aromatic carbocycles. The summed E-state index contributed by atoms with van der Waals surface area (Å²) in [6.45, 7) is 0. The van der Waals surface area contributed by atoms with Crippen LogP contribution in [0.15, 0.2) is 42.5 Å². The summed E-state index contributed by atoms with van der Waals surface area (Å²) in [5.74, 6) is -0.783. The lowest BCUT2D eigenvalue weighted by Gasteiger charge is -2.10. The first-order valence-corrected chi connectivity index (χ1v) is 6.72. The number of aryl methyl sites for hydroxylation is 1. The molecular formula is C15H11ClF2N2. The van der Waals surface area contributed by atoms with Gasteiger partial charge in [0.15, 0.2) is 11.6 Å². The Labute approximate surface area is 119 Å². The largest absolute Gasteiger partial charge is 0.293 e. The summed E-state index contributed by atoms with van der Waals surface area (Å²) in [6, 6.07) is 11.5. The van der Waals surface area contributed by atoms with Crippen LogP contribution in [0.5, 0.6) is 0 Å². The van der Waals surface area contributed by atoms with Crippen molar-refractivity contribution in [2.75, 3.05) is 5.88 Å². The second kappa shape index (κ2) is 5.21. The number of benzene rings is 2. The van der Waals surface area contributed by atoms with Crippen molar-refractivity contribution in [3.05, 3.63) is 59.9 Å². The number of rotatable bonds is 3. The monoisotopic (exact) mass is 292 g/mol. The van der Waals surface area contributed by atoms with E-state index in [0.29, 0.717) is 18.1 Å². The van der Waals surface area contributed by atoms with Crippen molar-refractivity contribution in [1.29, 1.82) is 0 Å². The molecule has 20 heavy (non-hydrogen) atoms. The molecule has 5 heteroatoms. The van der Waals surface area contributed by atoms with E-state index in [4.69, 9.17) is 11.6 Å². The molecule has 3 aromatic rings. The maximum Gasteiger partial charge on any atom is 0.182 e. The fourth-order valence-electron chi connectivity index (χ4n) is 2.26. The van der Waals surface area contributed by atoms with Crippen LogP contribution in [0.25, 0.3) is 16.7 Å². The molecule has 2 nitrogen and oxygen atoms in total. The lowest BCUT2D eigenvalue weighted by molar-refractivity contribution is 0.504. The van der Waals surface area contributed by atoms with E-state index < -0.39 is 11.6 Å². The molecule has 0 aliphatic carbocycles. The van der Waals surface area contributed by atoms with Crippen LogP contribution in [-0.4, -0.2) is 15.4 Å². The summed E-state index contributed by atoms with van der Waals surface area (Å²) < 4.78 is 29.1. The van der Waals surface area contributed by atoms with Gasteiger partial charge in [0.25, 0.3) is 0 Å². The fraction of sp³-hybridized carbons (Fsp3) is 0.133. The summed E-state index contributed by atoms with van der Waals surface area (Å²) in [4.78, 5) is 4.44. The molecule has 1 heterocycles. The number of alkyl halides is 1. The SMILES string of the molecule is Fc1cccc(-n2c(CCCl)nc3ccccc32)c1F. The third-order valence-corrected chi connectivity index (χ3v) is 3.31. The molecule has 0 unspecified atom stereocenters. The molecule has 0 amide bonds. The summed E-state index contributed by atoms with van der Waals surface area (Å²) in [5.41, 5.74) is 1.62. The highest BCUT2D eigenvalue weighted by Crippen LogP contribution is 2.25. The zero-order valence-corrected chi connectivity index (χ0v) is 11.2. The molecule has 0 fully saturated rings. The molecule has 0 atom stereocenters. The highest BCUT2D eigenvalue weighted by Gasteiger charge is 2.16. The first-order chi connectivity index (χ1) is 9.72. The molecule has 0 aliphatic heterocycles. The molecule has 0 bridgehead atoms. The van der Waals surface area contributed by atoms with Crippen molar-refractivity contribution >= 4 is 22.6 Å². The Morgan fingerprint density at radius 2 is 1.85 bits per heavy atom. The smallest absolute Gasteiger partial charge is 0.182 e. The van der Waals surface area contributed by atoms with E-state index >= 15 is 0 Å². The standard InChI is InChI=1S/C15H11ClF2N2/c16-9-8-14-19-11-5-1-2-6-12(11)20(14)13-7-3-4-10(17)15(13)18/h1-7H,8-9H2. The molecule has 1 aromatic heterocycles. The Balaban J connectivity index is 2.33. The van der Waals surface area contributed by atoms with Gasteiger partial charge in [-0.2, -0.15) is 0 Å².